The second-order valence-corrected chi connectivity index (χ2v) is 5.06. The van der Waals surface area contributed by atoms with Crippen LogP contribution in [0, 0.1) is 5.82 Å². The van der Waals surface area contributed by atoms with Crippen LogP contribution in [0.1, 0.15) is 27.2 Å². The van der Waals surface area contributed by atoms with Gasteiger partial charge in [-0.15, -0.1) is 0 Å². The molecule has 1 aromatic carbocycles. The van der Waals surface area contributed by atoms with Crippen LogP contribution in [-0.4, -0.2) is 18.1 Å². The lowest BCUT2D eigenvalue weighted by Crippen LogP contribution is -2.44. The third-order valence-corrected chi connectivity index (χ3v) is 2.93. The number of amides is 1. The Bertz CT molecular complexity index is 435. The first kappa shape index (κ1) is 14.8. The zero-order chi connectivity index (χ0) is 13.8. The van der Waals surface area contributed by atoms with Crippen molar-refractivity contribution in [3.05, 3.63) is 29.0 Å². The molecule has 1 amide bonds. The maximum atomic E-state index is 13.1. The molecule has 0 saturated carbocycles. The van der Waals surface area contributed by atoms with Gasteiger partial charge in [-0.3, -0.25) is 4.79 Å². The molecule has 18 heavy (non-hydrogen) atoms. The van der Waals surface area contributed by atoms with E-state index in [0.717, 1.165) is 12.5 Å². The Balaban J connectivity index is 2.50. The van der Waals surface area contributed by atoms with Crippen molar-refractivity contribution in [3.8, 4) is 5.75 Å². The number of ether oxygens (including phenoxy) is 1. The Labute approximate surface area is 111 Å². The fourth-order valence-electron chi connectivity index (χ4n) is 1.22. The average Bonchev–Trinajstić information content (AvgIpc) is 2.30. The van der Waals surface area contributed by atoms with Crippen molar-refractivity contribution in [3.63, 3.8) is 0 Å². The molecule has 0 unspecified atom stereocenters. The molecule has 0 bridgehead atoms. The predicted octanol–water partition coefficient (Wildman–Crippen LogP) is 3.16. The summed E-state index contributed by atoms with van der Waals surface area (Å²) in [6.07, 6.45) is 0.814. The van der Waals surface area contributed by atoms with Crippen LogP contribution in [-0.2, 0) is 4.79 Å². The van der Waals surface area contributed by atoms with Gasteiger partial charge in [0.1, 0.15) is 11.6 Å². The molecule has 3 nitrogen and oxygen atoms in total. The fourth-order valence-corrected chi connectivity index (χ4v) is 1.33. The number of hydrogen-bond acceptors (Lipinski definition) is 2. The first-order valence-electron chi connectivity index (χ1n) is 5.73. The molecule has 0 aromatic heterocycles. The van der Waals surface area contributed by atoms with Crippen LogP contribution in [0.25, 0.3) is 0 Å². The normalized spacial score (nSPS) is 11.2. The first-order chi connectivity index (χ1) is 8.34. The predicted molar refractivity (Wildman–Crippen MR) is 69.4 cm³/mol. The van der Waals surface area contributed by atoms with Crippen molar-refractivity contribution in [2.45, 2.75) is 32.7 Å². The van der Waals surface area contributed by atoms with Crippen LogP contribution in [0.3, 0.4) is 0 Å². The minimum atomic E-state index is -0.566. The van der Waals surface area contributed by atoms with Gasteiger partial charge in [-0.25, -0.2) is 4.39 Å². The van der Waals surface area contributed by atoms with E-state index in [1.165, 1.54) is 12.1 Å². The second-order valence-electron chi connectivity index (χ2n) is 4.65. The summed E-state index contributed by atoms with van der Waals surface area (Å²) in [7, 11) is 0. The average molecular weight is 274 g/mol. The molecule has 0 aliphatic rings. The molecule has 0 fully saturated rings. The molecule has 0 radical (unpaired) electrons. The molecular formula is C13H17ClFNO2. The van der Waals surface area contributed by atoms with E-state index in [2.05, 4.69) is 5.32 Å². The molecule has 0 saturated heterocycles. The fraction of sp³-hybridized carbons (Fsp3) is 0.462. The number of rotatable bonds is 5. The summed E-state index contributed by atoms with van der Waals surface area (Å²) in [5.74, 6) is -0.526. The van der Waals surface area contributed by atoms with E-state index in [4.69, 9.17) is 16.3 Å². The van der Waals surface area contributed by atoms with Gasteiger partial charge in [0.15, 0.2) is 6.61 Å². The van der Waals surface area contributed by atoms with Crippen LogP contribution in [0.4, 0.5) is 4.39 Å². The van der Waals surface area contributed by atoms with Crippen LogP contribution in [0.5, 0.6) is 5.75 Å². The molecule has 0 atom stereocenters. The van der Waals surface area contributed by atoms with E-state index in [-0.39, 0.29) is 28.8 Å². The summed E-state index contributed by atoms with van der Waals surface area (Å²) in [6.45, 7) is 5.68. The smallest absolute Gasteiger partial charge is 0.258 e. The lowest BCUT2D eigenvalue weighted by atomic mass is 10.0. The van der Waals surface area contributed by atoms with E-state index in [1.54, 1.807) is 0 Å². The molecule has 0 aliphatic heterocycles. The Hall–Kier alpha value is -1.29. The van der Waals surface area contributed by atoms with Crippen LogP contribution >= 0.6 is 11.6 Å². The number of carbonyl (C=O) groups excluding carboxylic acids is 1. The van der Waals surface area contributed by atoms with Gasteiger partial charge >= 0.3 is 0 Å². The van der Waals surface area contributed by atoms with Crippen LogP contribution in [0.15, 0.2) is 18.2 Å². The largest absolute Gasteiger partial charge is 0.484 e. The summed E-state index contributed by atoms with van der Waals surface area (Å²) >= 11 is 5.54. The highest BCUT2D eigenvalue weighted by Crippen LogP contribution is 2.20. The monoisotopic (exact) mass is 273 g/mol. The Morgan fingerprint density at radius 2 is 2.17 bits per heavy atom. The third kappa shape index (κ3) is 4.53. The molecule has 0 aliphatic carbocycles. The van der Waals surface area contributed by atoms with Gasteiger partial charge in [-0.05, 0) is 32.4 Å². The second kappa shape index (κ2) is 6.05. The number of hydrogen-bond donors (Lipinski definition) is 1. The molecule has 0 spiro atoms. The first-order valence-corrected chi connectivity index (χ1v) is 6.11. The highest BCUT2D eigenvalue weighted by molar-refractivity contribution is 6.30. The van der Waals surface area contributed by atoms with Gasteiger partial charge in [0.05, 0.1) is 5.02 Å². The SMILES string of the molecule is CCC(C)(C)NC(=O)COc1ccc(Cl)c(F)c1. The third-order valence-electron chi connectivity index (χ3n) is 2.62. The molecule has 5 heteroatoms. The molecule has 1 N–H and O–H groups in total. The Morgan fingerprint density at radius 3 is 2.72 bits per heavy atom. The highest BCUT2D eigenvalue weighted by Gasteiger charge is 2.17. The maximum Gasteiger partial charge on any atom is 0.258 e. The topological polar surface area (TPSA) is 38.3 Å². The van der Waals surface area contributed by atoms with Gasteiger partial charge in [0.25, 0.3) is 5.91 Å². The van der Waals surface area contributed by atoms with Crippen molar-refractivity contribution in [1.29, 1.82) is 0 Å². The highest BCUT2D eigenvalue weighted by atomic mass is 35.5. The standard InChI is InChI=1S/C13H17ClFNO2/c1-4-13(2,3)16-12(17)8-18-9-5-6-10(14)11(15)7-9/h5-7H,4,8H2,1-3H3,(H,16,17). The summed E-state index contributed by atoms with van der Waals surface area (Å²) in [4.78, 5) is 11.6. The number of benzene rings is 1. The summed E-state index contributed by atoms with van der Waals surface area (Å²) < 4.78 is 18.3. The Kier molecular flexibility index (Phi) is 4.96. The Morgan fingerprint density at radius 1 is 1.50 bits per heavy atom. The number of halogens is 2. The lowest BCUT2D eigenvalue weighted by molar-refractivity contribution is -0.124. The molecule has 1 rings (SSSR count). The van der Waals surface area contributed by atoms with Crippen molar-refractivity contribution < 1.29 is 13.9 Å². The minimum absolute atomic E-state index is 0.0268. The zero-order valence-electron chi connectivity index (χ0n) is 10.7. The molecule has 100 valence electrons. The maximum absolute atomic E-state index is 13.1. The van der Waals surface area contributed by atoms with Crippen molar-refractivity contribution >= 4 is 17.5 Å². The minimum Gasteiger partial charge on any atom is -0.484 e. The van der Waals surface area contributed by atoms with E-state index in [0.29, 0.717) is 0 Å². The van der Waals surface area contributed by atoms with Crippen LogP contribution < -0.4 is 10.1 Å². The summed E-state index contributed by atoms with van der Waals surface area (Å²) in [5.41, 5.74) is -0.272. The van der Waals surface area contributed by atoms with Gasteiger partial charge in [0.2, 0.25) is 0 Å². The van der Waals surface area contributed by atoms with Gasteiger partial charge in [0, 0.05) is 11.6 Å². The molecule has 0 heterocycles. The van der Waals surface area contributed by atoms with E-state index in [9.17, 15) is 9.18 Å². The summed E-state index contributed by atoms with van der Waals surface area (Å²) in [5, 5.41) is 2.85. The summed E-state index contributed by atoms with van der Waals surface area (Å²) in [6, 6.07) is 4.06. The number of carbonyl (C=O) groups is 1. The van der Waals surface area contributed by atoms with Crippen molar-refractivity contribution in [2.24, 2.45) is 0 Å². The molecule has 1 aromatic rings. The van der Waals surface area contributed by atoms with Crippen molar-refractivity contribution in [2.75, 3.05) is 6.61 Å². The zero-order valence-corrected chi connectivity index (χ0v) is 11.5. The lowest BCUT2D eigenvalue weighted by Gasteiger charge is -2.24. The van der Waals surface area contributed by atoms with E-state index >= 15 is 0 Å². The van der Waals surface area contributed by atoms with Crippen LogP contribution in [0.2, 0.25) is 5.02 Å². The quantitative estimate of drug-likeness (QED) is 0.895. The number of nitrogens with one attached hydrogen (secondary N) is 1. The van der Waals surface area contributed by atoms with Gasteiger partial charge < -0.3 is 10.1 Å². The van der Waals surface area contributed by atoms with Gasteiger partial charge in [-0.1, -0.05) is 18.5 Å². The van der Waals surface area contributed by atoms with E-state index in [1.807, 2.05) is 20.8 Å². The van der Waals surface area contributed by atoms with Crippen molar-refractivity contribution in [1.82, 2.24) is 5.32 Å². The van der Waals surface area contributed by atoms with E-state index < -0.39 is 5.82 Å². The molecular weight excluding hydrogens is 257 g/mol. The van der Waals surface area contributed by atoms with Gasteiger partial charge in [-0.2, -0.15) is 0 Å².